The van der Waals surface area contributed by atoms with Crippen LogP contribution < -0.4 is 10.8 Å². The molecule has 0 aromatic heterocycles. The van der Waals surface area contributed by atoms with E-state index in [-0.39, 0.29) is 12.3 Å². The van der Waals surface area contributed by atoms with Crippen molar-refractivity contribution in [2.45, 2.75) is 53.2 Å². The topological polar surface area (TPSA) is 136 Å². The predicted molar refractivity (Wildman–Crippen MR) is 77.9 cm³/mol. The number of amides is 2. The van der Waals surface area contributed by atoms with Crippen molar-refractivity contribution in [1.82, 2.24) is 10.8 Å². The van der Waals surface area contributed by atoms with Gasteiger partial charge in [0.15, 0.2) is 0 Å². The van der Waals surface area contributed by atoms with Gasteiger partial charge in [0.05, 0.1) is 5.92 Å². The number of rotatable bonds is 7. The number of carboxylic acids is 1. The van der Waals surface area contributed by atoms with E-state index < -0.39 is 41.3 Å². The molecule has 8 nitrogen and oxygen atoms in total. The fraction of sp³-hybridized carbons (Fsp3) is 0.786. The van der Waals surface area contributed by atoms with Gasteiger partial charge >= 0.3 is 5.97 Å². The minimum atomic E-state index is -1.76. The van der Waals surface area contributed by atoms with Crippen LogP contribution in [0.25, 0.3) is 0 Å². The van der Waals surface area contributed by atoms with Crippen LogP contribution in [0.15, 0.2) is 0 Å². The summed E-state index contributed by atoms with van der Waals surface area (Å²) in [5.74, 6) is -4.23. The van der Waals surface area contributed by atoms with Gasteiger partial charge in [-0.25, -0.2) is 10.3 Å². The number of hydrogen-bond acceptors (Lipinski definition) is 5. The molecule has 0 heterocycles. The quantitative estimate of drug-likeness (QED) is 0.334. The van der Waals surface area contributed by atoms with Crippen molar-refractivity contribution < 1.29 is 29.8 Å². The van der Waals surface area contributed by atoms with Crippen molar-refractivity contribution in [2.75, 3.05) is 0 Å². The molecule has 0 spiro atoms. The van der Waals surface area contributed by atoms with Crippen LogP contribution in [0.1, 0.15) is 41.0 Å². The zero-order valence-corrected chi connectivity index (χ0v) is 13.6. The predicted octanol–water partition coefficient (Wildman–Crippen LogP) is 0.131. The van der Waals surface area contributed by atoms with Gasteiger partial charge in [-0.1, -0.05) is 34.6 Å². The number of hydroxylamine groups is 1. The maximum absolute atomic E-state index is 12.3. The van der Waals surface area contributed by atoms with Gasteiger partial charge in [0.1, 0.15) is 12.1 Å². The van der Waals surface area contributed by atoms with Crippen molar-refractivity contribution in [1.29, 1.82) is 0 Å². The monoisotopic (exact) mass is 318 g/mol. The van der Waals surface area contributed by atoms with Gasteiger partial charge in [0, 0.05) is 0 Å². The molecule has 0 radical (unpaired) electrons. The number of aliphatic hydroxyl groups is 1. The molecule has 0 rings (SSSR count). The average molecular weight is 318 g/mol. The van der Waals surface area contributed by atoms with Crippen LogP contribution in [0.3, 0.4) is 0 Å². The highest BCUT2D eigenvalue weighted by Gasteiger charge is 2.38. The summed E-state index contributed by atoms with van der Waals surface area (Å²) >= 11 is 0. The molecule has 0 aromatic carbocycles. The van der Waals surface area contributed by atoms with Crippen LogP contribution in [-0.4, -0.2) is 45.3 Å². The molecule has 0 aliphatic carbocycles. The molecule has 0 saturated carbocycles. The highest BCUT2D eigenvalue weighted by atomic mass is 16.5. The summed E-state index contributed by atoms with van der Waals surface area (Å²) in [4.78, 5) is 34.9. The molecule has 8 heteroatoms. The summed E-state index contributed by atoms with van der Waals surface area (Å²) < 4.78 is 0. The highest BCUT2D eigenvalue weighted by molar-refractivity contribution is 5.91. The van der Waals surface area contributed by atoms with Gasteiger partial charge < -0.3 is 15.5 Å². The fourth-order valence-corrected chi connectivity index (χ4v) is 2.03. The Balaban J connectivity index is 5.27. The standard InChI is InChI=1S/C14H26N2O6/c1-7(2)6-8(9(17)12(19)16-22)11(18)15-10(13(20)21)14(3,4)5/h7-10,17,22H,6H2,1-5H3,(H,15,18)(H,16,19)(H,20,21)/t8-,9+,10-/m1/s1. The van der Waals surface area contributed by atoms with Crippen LogP contribution >= 0.6 is 0 Å². The molecular weight excluding hydrogens is 292 g/mol. The van der Waals surface area contributed by atoms with Crippen molar-refractivity contribution in [2.24, 2.45) is 17.3 Å². The Hall–Kier alpha value is -1.67. The maximum atomic E-state index is 12.3. The Morgan fingerprint density at radius 2 is 1.59 bits per heavy atom. The number of carboxylic acid groups (broad SMARTS) is 1. The average Bonchev–Trinajstić information content (AvgIpc) is 2.38. The Bertz CT molecular complexity index is 416. The second kappa shape index (κ2) is 8.09. The smallest absolute Gasteiger partial charge is 0.326 e. The molecule has 0 aliphatic rings. The summed E-state index contributed by atoms with van der Waals surface area (Å²) in [6.45, 7) is 8.55. The first kappa shape index (κ1) is 20.3. The number of hydrogen-bond donors (Lipinski definition) is 5. The molecule has 5 N–H and O–H groups in total. The second-order valence-corrected chi connectivity index (χ2v) is 6.80. The van der Waals surface area contributed by atoms with E-state index in [1.807, 2.05) is 0 Å². The Morgan fingerprint density at radius 1 is 1.09 bits per heavy atom. The molecule has 128 valence electrons. The number of carbonyl (C=O) groups excluding carboxylic acids is 2. The van der Waals surface area contributed by atoms with Gasteiger partial charge in [-0.05, 0) is 17.8 Å². The van der Waals surface area contributed by atoms with Gasteiger partial charge in [0.2, 0.25) is 5.91 Å². The lowest BCUT2D eigenvalue weighted by molar-refractivity contribution is -0.150. The van der Waals surface area contributed by atoms with Gasteiger partial charge in [0.25, 0.3) is 5.91 Å². The first-order valence-electron chi connectivity index (χ1n) is 7.07. The molecule has 0 saturated heterocycles. The summed E-state index contributed by atoms with van der Waals surface area (Å²) in [6.07, 6.45) is -1.60. The normalized spacial score (nSPS) is 15.8. The van der Waals surface area contributed by atoms with Gasteiger partial charge in [-0.15, -0.1) is 0 Å². The molecule has 3 atom stereocenters. The maximum Gasteiger partial charge on any atom is 0.326 e. The molecular formula is C14H26N2O6. The van der Waals surface area contributed by atoms with Crippen LogP contribution in [-0.2, 0) is 14.4 Å². The minimum Gasteiger partial charge on any atom is -0.480 e. The van der Waals surface area contributed by atoms with Crippen molar-refractivity contribution in [3.05, 3.63) is 0 Å². The molecule has 0 fully saturated rings. The Kier molecular flexibility index (Phi) is 7.48. The molecule has 2 amide bonds. The second-order valence-electron chi connectivity index (χ2n) is 6.80. The van der Waals surface area contributed by atoms with E-state index in [1.165, 1.54) is 5.48 Å². The summed E-state index contributed by atoms with van der Waals surface area (Å²) in [6, 6.07) is -1.17. The van der Waals surface area contributed by atoms with Crippen molar-refractivity contribution >= 4 is 17.8 Å². The molecule has 0 unspecified atom stereocenters. The van der Waals surface area contributed by atoms with E-state index in [0.29, 0.717) is 0 Å². The zero-order valence-electron chi connectivity index (χ0n) is 13.6. The lowest BCUT2D eigenvalue weighted by Crippen LogP contribution is -2.54. The SMILES string of the molecule is CC(C)C[C@@H](C(=O)N[C@H](C(=O)O)C(C)(C)C)[C@H](O)C(=O)NO. The van der Waals surface area contributed by atoms with Crippen molar-refractivity contribution in [3.63, 3.8) is 0 Å². The molecule has 0 aliphatic heterocycles. The van der Waals surface area contributed by atoms with E-state index in [4.69, 9.17) is 5.21 Å². The first-order valence-corrected chi connectivity index (χ1v) is 7.07. The summed E-state index contributed by atoms with van der Waals surface area (Å²) in [5, 5.41) is 30.0. The number of aliphatic hydroxyl groups excluding tert-OH is 1. The number of aliphatic carboxylic acids is 1. The lowest BCUT2D eigenvalue weighted by atomic mass is 9.85. The third-order valence-electron chi connectivity index (χ3n) is 3.22. The van der Waals surface area contributed by atoms with Gasteiger partial charge in [-0.2, -0.15) is 0 Å². The minimum absolute atomic E-state index is 0.0187. The van der Waals surface area contributed by atoms with E-state index in [1.54, 1.807) is 34.6 Å². The fourth-order valence-electron chi connectivity index (χ4n) is 2.03. The molecule has 0 bridgehead atoms. The van der Waals surface area contributed by atoms with Crippen molar-refractivity contribution in [3.8, 4) is 0 Å². The molecule has 0 aromatic rings. The van der Waals surface area contributed by atoms with Crippen LogP contribution in [0.2, 0.25) is 0 Å². The van der Waals surface area contributed by atoms with Crippen LogP contribution in [0.5, 0.6) is 0 Å². The zero-order chi connectivity index (χ0) is 17.7. The van der Waals surface area contributed by atoms with Crippen LogP contribution in [0, 0.1) is 17.3 Å². The number of nitrogens with one attached hydrogen (secondary N) is 2. The number of carbonyl (C=O) groups is 3. The van der Waals surface area contributed by atoms with E-state index in [9.17, 15) is 24.6 Å². The lowest BCUT2D eigenvalue weighted by Gasteiger charge is -2.30. The summed E-state index contributed by atoms with van der Waals surface area (Å²) in [7, 11) is 0. The van der Waals surface area contributed by atoms with Crippen LogP contribution in [0.4, 0.5) is 0 Å². The first-order chi connectivity index (χ1) is 9.91. The Labute approximate surface area is 129 Å². The van der Waals surface area contributed by atoms with E-state index in [0.717, 1.165) is 0 Å². The summed E-state index contributed by atoms with van der Waals surface area (Å²) in [5.41, 5.74) is 0.552. The Morgan fingerprint density at radius 3 is 1.91 bits per heavy atom. The third-order valence-corrected chi connectivity index (χ3v) is 3.22. The third kappa shape index (κ3) is 5.98. The highest BCUT2D eigenvalue weighted by Crippen LogP contribution is 2.22. The van der Waals surface area contributed by atoms with E-state index >= 15 is 0 Å². The van der Waals surface area contributed by atoms with Gasteiger partial charge in [-0.3, -0.25) is 14.8 Å². The molecule has 22 heavy (non-hydrogen) atoms. The van der Waals surface area contributed by atoms with E-state index in [2.05, 4.69) is 5.32 Å². The largest absolute Gasteiger partial charge is 0.480 e.